The van der Waals surface area contributed by atoms with Crippen LogP contribution in [-0.4, -0.2) is 23.2 Å². The minimum absolute atomic E-state index is 0.0935. The van der Waals surface area contributed by atoms with E-state index in [0.717, 1.165) is 17.7 Å². The molecule has 4 heteroatoms. The van der Waals surface area contributed by atoms with Gasteiger partial charge in [-0.25, -0.2) is 4.79 Å². The fourth-order valence-corrected chi connectivity index (χ4v) is 2.85. The van der Waals surface area contributed by atoms with E-state index in [1.165, 1.54) is 0 Å². The van der Waals surface area contributed by atoms with Crippen LogP contribution in [-0.2, 0) is 0 Å². The minimum Gasteiger partial charge on any atom is -0.494 e. The molecule has 1 aliphatic heterocycles. The molecule has 1 aromatic rings. The lowest BCUT2D eigenvalue weighted by atomic mass is 9.81. The Bertz CT molecular complexity index is 508. The van der Waals surface area contributed by atoms with Crippen LogP contribution in [0.1, 0.15) is 56.0 Å². The second-order valence-electron chi connectivity index (χ2n) is 5.79. The highest BCUT2D eigenvalue weighted by molar-refractivity contribution is 5.96. The molecule has 19 heavy (non-hydrogen) atoms. The van der Waals surface area contributed by atoms with Crippen LogP contribution < -0.4 is 10.1 Å². The third-order valence-corrected chi connectivity index (χ3v) is 3.49. The lowest BCUT2D eigenvalue weighted by molar-refractivity contribution is 0.0697. The zero-order valence-corrected chi connectivity index (χ0v) is 11.9. The SMILES string of the molecule is CCOc1cc(C(=O)O)c2c(c1)[C@H](C)CC(C)(C)N2. The van der Waals surface area contributed by atoms with Crippen molar-refractivity contribution in [3.8, 4) is 5.75 Å². The maximum atomic E-state index is 11.5. The summed E-state index contributed by atoms with van der Waals surface area (Å²) in [6.07, 6.45) is 0.967. The number of benzene rings is 1. The highest BCUT2D eigenvalue weighted by atomic mass is 16.5. The molecule has 0 saturated carbocycles. The average molecular weight is 263 g/mol. The van der Waals surface area contributed by atoms with Gasteiger partial charge in [0.2, 0.25) is 0 Å². The largest absolute Gasteiger partial charge is 0.494 e. The number of fused-ring (bicyclic) bond motifs is 1. The molecule has 0 radical (unpaired) electrons. The standard InChI is InChI=1S/C15H21NO3/c1-5-19-10-6-11-9(2)8-15(3,4)16-13(11)12(7-10)14(17)18/h6-7,9,16H,5,8H2,1-4H3,(H,17,18)/t9-/m1/s1. The molecule has 2 rings (SSSR count). The summed E-state index contributed by atoms with van der Waals surface area (Å²) in [6.45, 7) is 8.74. The lowest BCUT2D eigenvalue weighted by Gasteiger charge is -2.38. The summed E-state index contributed by atoms with van der Waals surface area (Å²) in [5, 5.41) is 12.7. The molecular weight excluding hydrogens is 242 g/mol. The molecule has 0 aliphatic carbocycles. The minimum atomic E-state index is -0.921. The number of carbonyl (C=O) groups is 1. The van der Waals surface area contributed by atoms with Gasteiger partial charge in [-0.3, -0.25) is 0 Å². The molecule has 104 valence electrons. The Morgan fingerprint density at radius 1 is 1.53 bits per heavy atom. The van der Waals surface area contributed by atoms with Crippen molar-refractivity contribution in [2.45, 2.75) is 45.6 Å². The first kappa shape index (κ1) is 13.7. The molecule has 0 bridgehead atoms. The van der Waals surface area contributed by atoms with Gasteiger partial charge in [-0.15, -0.1) is 0 Å². The number of hydrogen-bond donors (Lipinski definition) is 2. The van der Waals surface area contributed by atoms with Crippen LogP contribution in [0.25, 0.3) is 0 Å². The number of ether oxygens (including phenoxy) is 1. The van der Waals surface area contributed by atoms with Crippen molar-refractivity contribution in [3.05, 3.63) is 23.3 Å². The molecule has 4 nitrogen and oxygen atoms in total. The van der Waals surface area contributed by atoms with E-state index in [9.17, 15) is 9.90 Å². The summed E-state index contributed by atoms with van der Waals surface area (Å²) in [5.74, 6) is 0.0203. The van der Waals surface area contributed by atoms with Gasteiger partial charge in [0, 0.05) is 5.54 Å². The van der Waals surface area contributed by atoms with E-state index in [1.54, 1.807) is 6.07 Å². The number of aromatic carboxylic acids is 1. The van der Waals surface area contributed by atoms with Crippen LogP contribution >= 0.6 is 0 Å². The summed E-state index contributed by atoms with van der Waals surface area (Å²) in [6, 6.07) is 3.56. The van der Waals surface area contributed by atoms with E-state index in [0.29, 0.717) is 23.8 Å². The summed E-state index contributed by atoms with van der Waals surface area (Å²) < 4.78 is 5.47. The van der Waals surface area contributed by atoms with Crippen LogP contribution in [0.4, 0.5) is 5.69 Å². The third-order valence-electron chi connectivity index (χ3n) is 3.49. The van der Waals surface area contributed by atoms with Crippen molar-refractivity contribution >= 4 is 11.7 Å². The van der Waals surface area contributed by atoms with Crippen molar-refractivity contribution in [2.75, 3.05) is 11.9 Å². The Morgan fingerprint density at radius 3 is 2.79 bits per heavy atom. The summed E-state index contributed by atoms with van der Waals surface area (Å²) in [7, 11) is 0. The molecule has 0 spiro atoms. The number of anilines is 1. The van der Waals surface area contributed by atoms with Crippen LogP contribution in [0.15, 0.2) is 12.1 Å². The van der Waals surface area contributed by atoms with Gasteiger partial charge < -0.3 is 15.2 Å². The van der Waals surface area contributed by atoms with Gasteiger partial charge in [0.1, 0.15) is 5.75 Å². The first-order valence-corrected chi connectivity index (χ1v) is 6.66. The number of nitrogens with one attached hydrogen (secondary N) is 1. The quantitative estimate of drug-likeness (QED) is 0.876. The molecule has 1 atom stereocenters. The van der Waals surface area contributed by atoms with E-state index in [1.807, 2.05) is 13.0 Å². The fourth-order valence-electron chi connectivity index (χ4n) is 2.85. The van der Waals surface area contributed by atoms with E-state index < -0.39 is 5.97 Å². The van der Waals surface area contributed by atoms with Gasteiger partial charge in [-0.1, -0.05) is 6.92 Å². The zero-order valence-electron chi connectivity index (χ0n) is 11.9. The molecule has 0 unspecified atom stereocenters. The average Bonchev–Trinajstić information content (AvgIpc) is 2.28. The van der Waals surface area contributed by atoms with Gasteiger partial charge in [0.05, 0.1) is 17.9 Å². The number of hydrogen-bond acceptors (Lipinski definition) is 3. The van der Waals surface area contributed by atoms with Crippen LogP contribution in [0.2, 0.25) is 0 Å². The van der Waals surface area contributed by atoms with E-state index >= 15 is 0 Å². The summed E-state index contributed by atoms with van der Waals surface area (Å²) in [4.78, 5) is 11.5. The van der Waals surface area contributed by atoms with Crippen LogP contribution in [0.5, 0.6) is 5.75 Å². The van der Waals surface area contributed by atoms with E-state index in [2.05, 4.69) is 26.1 Å². The second kappa shape index (κ2) is 4.76. The molecule has 0 saturated heterocycles. The second-order valence-corrected chi connectivity index (χ2v) is 5.79. The first-order chi connectivity index (χ1) is 8.84. The highest BCUT2D eigenvalue weighted by Gasteiger charge is 2.32. The number of carboxylic acids is 1. The molecule has 0 amide bonds. The number of rotatable bonds is 3. The molecule has 1 heterocycles. The molecule has 1 aromatic carbocycles. The first-order valence-electron chi connectivity index (χ1n) is 6.66. The fraction of sp³-hybridized carbons (Fsp3) is 0.533. The molecule has 1 aliphatic rings. The Labute approximate surface area is 113 Å². The predicted octanol–water partition coefficient (Wildman–Crippen LogP) is 3.48. The van der Waals surface area contributed by atoms with Crippen molar-refractivity contribution in [3.63, 3.8) is 0 Å². The van der Waals surface area contributed by atoms with Crippen molar-refractivity contribution in [1.82, 2.24) is 0 Å². The van der Waals surface area contributed by atoms with Crippen LogP contribution in [0.3, 0.4) is 0 Å². The highest BCUT2D eigenvalue weighted by Crippen LogP contribution is 2.42. The van der Waals surface area contributed by atoms with Gasteiger partial charge in [0.25, 0.3) is 0 Å². The van der Waals surface area contributed by atoms with E-state index in [-0.39, 0.29) is 5.54 Å². The topological polar surface area (TPSA) is 58.6 Å². The zero-order chi connectivity index (χ0) is 14.2. The monoisotopic (exact) mass is 263 g/mol. The number of carboxylic acid groups (broad SMARTS) is 1. The van der Waals surface area contributed by atoms with Gasteiger partial charge in [-0.2, -0.15) is 0 Å². The molecule has 0 fully saturated rings. The van der Waals surface area contributed by atoms with Gasteiger partial charge >= 0.3 is 5.97 Å². The third kappa shape index (κ3) is 2.67. The molecule has 0 aromatic heterocycles. The maximum absolute atomic E-state index is 11.5. The Morgan fingerprint density at radius 2 is 2.21 bits per heavy atom. The Balaban J connectivity index is 2.57. The van der Waals surface area contributed by atoms with Crippen molar-refractivity contribution in [2.24, 2.45) is 0 Å². The smallest absolute Gasteiger partial charge is 0.337 e. The van der Waals surface area contributed by atoms with E-state index in [4.69, 9.17) is 4.74 Å². The molecular formula is C15H21NO3. The van der Waals surface area contributed by atoms with Gasteiger partial charge in [0.15, 0.2) is 0 Å². The predicted molar refractivity (Wildman–Crippen MR) is 75.3 cm³/mol. The maximum Gasteiger partial charge on any atom is 0.337 e. The Kier molecular flexibility index (Phi) is 3.43. The lowest BCUT2D eigenvalue weighted by Crippen LogP contribution is -2.37. The van der Waals surface area contributed by atoms with Crippen molar-refractivity contribution < 1.29 is 14.6 Å². The summed E-state index contributed by atoms with van der Waals surface area (Å²) >= 11 is 0. The van der Waals surface area contributed by atoms with Crippen LogP contribution in [0, 0.1) is 0 Å². The van der Waals surface area contributed by atoms with Gasteiger partial charge in [-0.05, 0) is 50.8 Å². The normalized spacial score (nSPS) is 20.3. The van der Waals surface area contributed by atoms with Crippen molar-refractivity contribution in [1.29, 1.82) is 0 Å². The summed E-state index contributed by atoms with van der Waals surface area (Å²) in [5.41, 5.74) is 1.96. The molecule has 2 N–H and O–H groups in total. The Hall–Kier alpha value is -1.71.